The van der Waals surface area contributed by atoms with E-state index in [4.69, 9.17) is 17.3 Å². The summed E-state index contributed by atoms with van der Waals surface area (Å²) >= 11 is 5.95. The molecular formula is C15H21ClN2O. The van der Waals surface area contributed by atoms with Gasteiger partial charge in [-0.15, -0.1) is 0 Å². The van der Waals surface area contributed by atoms with Crippen LogP contribution >= 0.6 is 11.6 Å². The standard InChI is InChI=1S/C15H21ClN2O/c1-10-5-3-4-6-14(10)18(2)15(19)12-9-11(16)7-8-13(12)17/h7-10,14H,3-6,17H2,1-2H3. The van der Waals surface area contributed by atoms with Gasteiger partial charge in [-0.25, -0.2) is 0 Å². The summed E-state index contributed by atoms with van der Waals surface area (Å²) in [5.74, 6) is 0.516. The Morgan fingerprint density at radius 3 is 2.74 bits per heavy atom. The zero-order valence-electron chi connectivity index (χ0n) is 11.5. The number of amides is 1. The first-order valence-corrected chi connectivity index (χ1v) is 7.20. The van der Waals surface area contributed by atoms with Crippen molar-refractivity contribution in [3.05, 3.63) is 28.8 Å². The summed E-state index contributed by atoms with van der Waals surface area (Å²) in [5, 5.41) is 0.544. The minimum absolute atomic E-state index is 0.0289. The van der Waals surface area contributed by atoms with Crippen molar-refractivity contribution in [1.82, 2.24) is 4.90 Å². The Bertz CT molecular complexity index is 475. The average Bonchev–Trinajstić information content (AvgIpc) is 2.40. The number of benzene rings is 1. The van der Waals surface area contributed by atoms with Gasteiger partial charge in [-0.1, -0.05) is 31.4 Å². The third-order valence-corrected chi connectivity index (χ3v) is 4.36. The fourth-order valence-corrected chi connectivity index (χ4v) is 3.10. The Hall–Kier alpha value is -1.22. The van der Waals surface area contributed by atoms with Gasteiger partial charge in [0.15, 0.2) is 0 Å². The van der Waals surface area contributed by atoms with Crippen LogP contribution in [-0.4, -0.2) is 23.9 Å². The highest BCUT2D eigenvalue weighted by Gasteiger charge is 2.29. The minimum Gasteiger partial charge on any atom is -0.398 e. The van der Waals surface area contributed by atoms with Crippen LogP contribution in [0.25, 0.3) is 0 Å². The highest BCUT2D eigenvalue weighted by atomic mass is 35.5. The molecule has 0 radical (unpaired) electrons. The van der Waals surface area contributed by atoms with Gasteiger partial charge in [0.1, 0.15) is 0 Å². The molecule has 1 fully saturated rings. The van der Waals surface area contributed by atoms with Crippen LogP contribution in [0.3, 0.4) is 0 Å². The van der Waals surface area contributed by atoms with E-state index in [9.17, 15) is 4.79 Å². The molecule has 19 heavy (non-hydrogen) atoms. The van der Waals surface area contributed by atoms with Gasteiger partial charge in [0, 0.05) is 23.8 Å². The predicted molar refractivity (Wildman–Crippen MR) is 79.4 cm³/mol. The van der Waals surface area contributed by atoms with Gasteiger partial charge in [-0.2, -0.15) is 0 Å². The third kappa shape index (κ3) is 3.03. The van der Waals surface area contributed by atoms with Crippen LogP contribution in [-0.2, 0) is 0 Å². The van der Waals surface area contributed by atoms with Gasteiger partial charge in [0.2, 0.25) is 0 Å². The molecule has 104 valence electrons. The maximum absolute atomic E-state index is 12.5. The summed E-state index contributed by atoms with van der Waals surface area (Å²) in [6.07, 6.45) is 4.72. The molecule has 0 aliphatic heterocycles. The van der Waals surface area contributed by atoms with Crippen molar-refractivity contribution in [2.75, 3.05) is 12.8 Å². The number of nitrogen functional groups attached to an aromatic ring is 1. The van der Waals surface area contributed by atoms with Crippen molar-refractivity contribution in [1.29, 1.82) is 0 Å². The molecule has 2 atom stereocenters. The highest BCUT2D eigenvalue weighted by molar-refractivity contribution is 6.31. The smallest absolute Gasteiger partial charge is 0.255 e. The number of hydrogen-bond donors (Lipinski definition) is 1. The Morgan fingerprint density at radius 1 is 1.37 bits per heavy atom. The van der Waals surface area contributed by atoms with Crippen molar-refractivity contribution >= 4 is 23.2 Å². The van der Waals surface area contributed by atoms with Crippen LogP contribution in [0.5, 0.6) is 0 Å². The molecule has 0 bridgehead atoms. The van der Waals surface area contributed by atoms with Crippen molar-refractivity contribution < 1.29 is 4.79 Å². The normalized spacial score (nSPS) is 23.1. The number of anilines is 1. The molecule has 4 heteroatoms. The molecule has 1 aliphatic rings. The second-order valence-corrected chi connectivity index (χ2v) is 5.91. The van der Waals surface area contributed by atoms with Gasteiger partial charge in [-0.05, 0) is 37.0 Å². The Kier molecular flexibility index (Phi) is 4.35. The molecule has 1 amide bonds. The lowest BCUT2D eigenvalue weighted by atomic mass is 9.85. The van der Waals surface area contributed by atoms with E-state index in [0.29, 0.717) is 28.2 Å². The zero-order chi connectivity index (χ0) is 14.0. The number of carbonyl (C=O) groups excluding carboxylic acids is 1. The van der Waals surface area contributed by atoms with E-state index < -0.39 is 0 Å². The molecule has 1 aromatic carbocycles. The lowest BCUT2D eigenvalue weighted by molar-refractivity contribution is 0.0630. The van der Waals surface area contributed by atoms with Crippen LogP contribution in [0.2, 0.25) is 5.02 Å². The van der Waals surface area contributed by atoms with Crippen LogP contribution in [0.15, 0.2) is 18.2 Å². The second kappa shape index (κ2) is 5.83. The zero-order valence-corrected chi connectivity index (χ0v) is 12.3. The van der Waals surface area contributed by atoms with Gasteiger partial charge < -0.3 is 10.6 Å². The summed E-state index contributed by atoms with van der Waals surface area (Å²) < 4.78 is 0. The van der Waals surface area contributed by atoms with Crippen molar-refractivity contribution in [3.8, 4) is 0 Å². The molecule has 0 heterocycles. The van der Waals surface area contributed by atoms with E-state index in [1.165, 1.54) is 19.3 Å². The number of nitrogens with two attached hydrogens (primary N) is 1. The molecule has 2 rings (SSSR count). The fourth-order valence-electron chi connectivity index (χ4n) is 2.93. The monoisotopic (exact) mass is 280 g/mol. The fraction of sp³-hybridized carbons (Fsp3) is 0.533. The number of carbonyl (C=O) groups is 1. The SMILES string of the molecule is CC1CCCCC1N(C)C(=O)c1cc(Cl)ccc1N. The Labute approximate surface area is 119 Å². The lowest BCUT2D eigenvalue weighted by Crippen LogP contribution is -2.42. The Morgan fingerprint density at radius 2 is 2.05 bits per heavy atom. The van der Waals surface area contributed by atoms with E-state index in [1.54, 1.807) is 18.2 Å². The van der Waals surface area contributed by atoms with E-state index in [1.807, 2.05) is 11.9 Å². The van der Waals surface area contributed by atoms with Crippen molar-refractivity contribution in [2.24, 2.45) is 5.92 Å². The first-order valence-electron chi connectivity index (χ1n) is 6.83. The molecule has 1 aliphatic carbocycles. The molecule has 2 unspecified atom stereocenters. The Balaban J connectivity index is 2.20. The minimum atomic E-state index is -0.0289. The number of rotatable bonds is 2. The van der Waals surface area contributed by atoms with E-state index >= 15 is 0 Å². The quantitative estimate of drug-likeness (QED) is 0.842. The van der Waals surface area contributed by atoms with Crippen molar-refractivity contribution in [3.63, 3.8) is 0 Å². The van der Waals surface area contributed by atoms with Gasteiger partial charge >= 0.3 is 0 Å². The largest absolute Gasteiger partial charge is 0.398 e. The van der Waals surface area contributed by atoms with E-state index in [-0.39, 0.29) is 5.91 Å². The summed E-state index contributed by atoms with van der Waals surface area (Å²) in [6, 6.07) is 5.35. The van der Waals surface area contributed by atoms with Gasteiger partial charge in [-0.3, -0.25) is 4.79 Å². The van der Waals surface area contributed by atoms with Crippen LogP contribution < -0.4 is 5.73 Å². The number of halogens is 1. The second-order valence-electron chi connectivity index (χ2n) is 5.48. The third-order valence-electron chi connectivity index (χ3n) is 4.13. The summed E-state index contributed by atoms with van der Waals surface area (Å²) in [6.45, 7) is 2.22. The maximum atomic E-state index is 12.5. The predicted octanol–water partition coefficient (Wildman–Crippen LogP) is 3.57. The van der Waals surface area contributed by atoms with Gasteiger partial charge in [0.25, 0.3) is 5.91 Å². The molecule has 1 aromatic rings. The number of hydrogen-bond acceptors (Lipinski definition) is 2. The molecule has 0 spiro atoms. The van der Waals surface area contributed by atoms with Crippen LogP contribution in [0, 0.1) is 5.92 Å². The maximum Gasteiger partial charge on any atom is 0.255 e. The average molecular weight is 281 g/mol. The van der Waals surface area contributed by atoms with E-state index in [0.717, 1.165) is 6.42 Å². The summed E-state index contributed by atoms with van der Waals surface area (Å²) in [7, 11) is 1.87. The van der Waals surface area contributed by atoms with Crippen LogP contribution in [0.4, 0.5) is 5.69 Å². The molecule has 0 saturated heterocycles. The molecule has 0 aromatic heterocycles. The highest BCUT2D eigenvalue weighted by Crippen LogP contribution is 2.29. The first-order chi connectivity index (χ1) is 9.00. The first kappa shape index (κ1) is 14.2. The molecule has 3 nitrogen and oxygen atoms in total. The topological polar surface area (TPSA) is 46.3 Å². The summed E-state index contributed by atoms with van der Waals surface area (Å²) in [5.41, 5.74) is 6.88. The lowest BCUT2D eigenvalue weighted by Gasteiger charge is -2.36. The number of nitrogens with zero attached hydrogens (tertiary/aromatic N) is 1. The van der Waals surface area contributed by atoms with Crippen molar-refractivity contribution in [2.45, 2.75) is 38.6 Å². The molecular weight excluding hydrogens is 260 g/mol. The summed E-state index contributed by atoms with van der Waals surface area (Å²) in [4.78, 5) is 14.4. The van der Waals surface area contributed by atoms with Crippen LogP contribution in [0.1, 0.15) is 43.0 Å². The van der Waals surface area contributed by atoms with E-state index in [2.05, 4.69) is 6.92 Å². The van der Waals surface area contributed by atoms with Gasteiger partial charge in [0.05, 0.1) is 5.56 Å². The molecule has 1 saturated carbocycles. The molecule has 2 N–H and O–H groups in total.